The molecular formula is C8H5N4. The molecule has 0 aromatic carbocycles. The third kappa shape index (κ3) is 1.27. The molecule has 0 atom stereocenters. The fourth-order valence-electron chi connectivity index (χ4n) is 0.849. The molecule has 2 aromatic rings. The predicted molar refractivity (Wildman–Crippen MR) is 41.9 cm³/mol. The SMILES string of the molecule is [c]1nnccc1-c1cccnn1. The molecule has 0 saturated heterocycles. The van der Waals surface area contributed by atoms with E-state index in [1.807, 2.05) is 12.1 Å². The van der Waals surface area contributed by atoms with Gasteiger partial charge in [-0.25, -0.2) is 0 Å². The molecule has 0 aliphatic rings. The molecule has 2 aromatic heterocycles. The summed E-state index contributed by atoms with van der Waals surface area (Å²) in [6, 6.07) is 5.45. The highest BCUT2D eigenvalue weighted by Gasteiger charge is 1.97. The van der Waals surface area contributed by atoms with E-state index in [0.29, 0.717) is 0 Å². The van der Waals surface area contributed by atoms with Crippen LogP contribution in [0.2, 0.25) is 0 Å². The summed E-state index contributed by atoms with van der Waals surface area (Å²) < 4.78 is 0. The molecule has 0 bridgehead atoms. The van der Waals surface area contributed by atoms with E-state index in [-0.39, 0.29) is 0 Å². The second-order valence-electron chi connectivity index (χ2n) is 2.17. The molecule has 57 valence electrons. The molecule has 0 amide bonds. The molecule has 2 heterocycles. The zero-order valence-electron chi connectivity index (χ0n) is 6.18. The minimum atomic E-state index is 0.757. The first-order valence-corrected chi connectivity index (χ1v) is 3.44. The number of aromatic nitrogens is 4. The molecule has 1 radical (unpaired) electrons. The van der Waals surface area contributed by atoms with E-state index in [2.05, 4.69) is 26.6 Å². The fourth-order valence-corrected chi connectivity index (χ4v) is 0.849. The monoisotopic (exact) mass is 157 g/mol. The Balaban J connectivity index is 2.46. The fraction of sp³-hybridized carbons (Fsp3) is 0. The topological polar surface area (TPSA) is 51.6 Å². The van der Waals surface area contributed by atoms with Crippen LogP contribution in [0.1, 0.15) is 0 Å². The lowest BCUT2D eigenvalue weighted by molar-refractivity contribution is 1.00. The summed E-state index contributed by atoms with van der Waals surface area (Å²) in [5.41, 5.74) is 1.56. The van der Waals surface area contributed by atoms with Gasteiger partial charge in [0.2, 0.25) is 0 Å². The first-order valence-electron chi connectivity index (χ1n) is 3.44. The van der Waals surface area contributed by atoms with E-state index in [1.165, 1.54) is 0 Å². The van der Waals surface area contributed by atoms with Crippen molar-refractivity contribution in [2.75, 3.05) is 0 Å². The molecule has 0 saturated carbocycles. The lowest BCUT2D eigenvalue weighted by Crippen LogP contribution is -1.87. The van der Waals surface area contributed by atoms with Crippen LogP contribution in [0.4, 0.5) is 0 Å². The minimum absolute atomic E-state index is 0.757. The summed E-state index contributed by atoms with van der Waals surface area (Å²) in [6.07, 6.45) is 5.94. The molecule has 4 heteroatoms. The van der Waals surface area contributed by atoms with Gasteiger partial charge in [-0.3, -0.25) is 0 Å². The van der Waals surface area contributed by atoms with Gasteiger partial charge < -0.3 is 0 Å². The first-order chi connectivity index (χ1) is 5.97. The number of hydrogen-bond donors (Lipinski definition) is 0. The summed E-state index contributed by atoms with van der Waals surface area (Å²) in [5.74, 6) is 0. The highest BCUT2D eigenvalue weighted by molar-refractivity contribution is 5.55. The zero-order valence-corrected chi connectivity index (χ0v) is 6.18. The average Bonchev–Trinajstić information content (AvgIpc) is 2.21. The Morgan fingerprint density at radius 1 is 1.08 bits per heavy atom. The van der Waals surface area contributed by atoms with E-state index in [4.69, 9.17) is 0 Å². The van der Waals surface area contributed by atoms with Gasteiger partial charge in [0.05, 0.1) is 11.9 Å². The van der Waals surface area contributed by atoms with Crippen molar-refractivity contribution in [3.05, 3.63) is 36.8 Å². The van der Waals surface area contributed by atoms with Crippen LogP contribution in [0.25, 0.3) is 11.3 Å². The van der Waals surface area contributed by atoms with Crippen LogP contribution in [0.15, 0.2) is 30.6 Å². The van der Waals surface area contributed by atoms with Crippen molar-refractivity contribution in [2.45, 2.75) is 0 Å². The molecule has 2 rings (SSSR count). The molecule has 4 nitrogen and oxygen atoms in total. The Morgan fingerprint density at radius 3 is 2.75 bits per heavy atom. The molecule has 12 heavy (non-hydrogen) atoms. The van der Waals surface area contributed by atoms with Crippen LogP contribution in [0.3, 0.4) is 0 Å². The third-order valence-corrected chi connectivity index (χ3v) is 1.38. The largest absolute Gasteiger partial charge is 0.159 e. The van der Waals surface area contributed by atoms with Gasteiger partial charge in [0, 0.05) is 11.8 Å². The van der Waals surface area contributed by atoms with Gasteiger partial charge in [0.1, 0.15) is 6.20 Å². The van der Waals surface area contributed by atoms with Crippen LogP contribution in [0.5, 0.6) is 0 Å². The van der Waals surface area contributed by atoms with E-state index < -0.39 is 0 Å². The maximum Gasteiger partial charge on any atom is 0.123 e. The summed E-state index contributed by atoms with van der Waals surface area (Å²) in [7, 11) is 0. The van der Waals surface area contributed by atoms with Gasteiger partial charge in [0.15, 0.2) is 0 Å². The lowest BCUT2D eigenvalue weighted by Gasteiger charge is -1.94. The van der Waals surface area contributed by atoms with E-state index in [9.17, 15) is 0 Å². The van der Waals surface area contributed by atoms with Gasteiger partial charge in [0.25, 0.3) is 0 Å². The minimum Gasteiger partial charge on any atom is -0.159 e. The van der Waals surface area contributed by atoms with Crippen LogP contribution in [-0.2, 0) is 0 Å². The second-order valence-corrected chi connectivity index (χ2v) is 2.17. The van der Waals surface area contributed by atoms with Crippen molar-refractivity contribution in [1.29, 1.82) is 0 Å². The Hall–Kier alpha value is -1.84. The Morgan fingerprint density at radius 2 is 2.08 bits per heavy atom. The van der Waals surface area contributed by atoms with Crippen molar-refractivity contribution in [3.8, 4) is 11.3 Å². The molecular weight excluding hydrogens is 152 g/mol. The van der Waals surface area contributed by atoms with E-state index in [0.717, 1.165) is 11.3 Å². The van der Waals surface area contributed by atoms with Gasteiger partial charge in [-0.15, -0.1) is 5.10 Å². The summed E-state index contributed by atoms with van der Waals surface area (Å²) >= 11 is 0. The molecule has 0 fully saturated rings. The molecule has 0 N–H and O–H groups in total. The summed E-state index contributed by atoms with van der Waals surface area (Å²) in [5, 5.41) is 14.9. The third-order valence-electron chi connectivity index (χ3n) is 1.38. The number of nitrogens with zero attached hydrogens (tertiary/aromatic N) is 4. The standard InChI is InChI=1S/C8H5N4/c1-2-8(12-10-4-1)7-3-5-9-11-6-7/h1-5H. The van der Waals surface area contributed by atoms with Crippen molar-refractivity contribution < 1.29 is 0 Å². The Kier molecular flexibility index (Phi) is 1.74. The molecule has 0 aliphatic carbocycles. The Labute approximate surface area is 69.3 Å². The van der Waals surface area contributed by atoms with Gasteiger partial charge in [-0.1, -0.05) is 0 Å². The summed E-state index contributed by atoms with van der Waals surface area (Å²) in [6.45, 7) is 0. The van der Waals surface area contributed by atoms with Gasteiger partial charge in [-0.2, -0.15) is 15.3 Å². The highest BCUT2D eigenvalue weighted by atomic mass is 15.1. The highest BCUT2D eigenvalue weighted by Crippen LogP contribution is 2.10. The first kappa shape index (κ1) is 6.84. The zero-order chi connectivity index (χ0) is 8.23. The van der Waals surface area contributed by atoms with Crippen molar-refractivity contribution in [2.24, 2.45) is 0 Å². The molecule has 0 spiro atoms. The molecule has 0 unspecified atom stereocenters. The maximum atomic E-state index is 3.90. The Bertz CT molecular complexity index is 308. The molecule has 0 aliphatic heterocycles. The van der Waals surface area contributed by atoms with Crippen LogP contribution >= 0.6 is 0 Å². The van der Waals surface area contributed by atoms with Crippen molar-refractivity contribution in [3.63, 3.8) is 0 Å². The van der Waals surface area contributed by atoms with E-state index in [1.54, 1.807) is 18.5 Å². The quantitative estimate of drug-likeness (QED) is 0.612. The van der Waals surface area contributed by atoms with Crippen molar-refractivity contribution in [1.82, 2.24) is 20.4 Å². The van der Waals surface area contributed by atoms with Crippen LogP contribution < -0.4 is 0 Å². The predicted octanol–water partition coefficient (Wildman–Crippen LogP) is 0.734. The van der Waals surface area contributed by atoms with Gasteiger partial charge in [-0.05, 0) is 18.2 Å². The van der Waals surface area contributed by atoms with Crippen LogP contribution in [-0.4, -0.2) is 20.4 Å². The lowest BCUT2D eigenvalue weighted by atomic mass is 10.2. The maximum absolute atomic E-state index is 3.90. The second kappa shape index (κ2) is 3.04. The van der Waals surface area contributed by atoms with Crippen molar-refractivity contribution >= 4 is 0 Å². The normalized spacial score (nSPS) is 9.67. The average molecular weight is 157 g/mol. The van der Waals surface area contributed by atoms with Crippen LogP contribution in [0, 0.1) is 6.20 Å². The smallest absolute Gasteiger partial charge is 0.123 e. The number of hydrogen-bond acceptors (Lipinski definition) is 4. The van der Waals surface area contributed by atoms with Gasteiger partial charge >= 0.3 is 0 Å². The van der Waals surface area contributed by atoms with E-state index >= 15 is 0 Å². The number of rotatable bonds is 1. The summed E-state index contributed by atoms with van der Waals surface area (Å²) in [4.78, 5) is 0.